The summed E-state index contributed by atoms with van der Waals surface area (Å²) in [7, 11) is 1.63. The Balaban J connectivity index is 1.36. The minimum absolute atomic E-state index is 0.0951. The van der Waals surface area contributed by atoms with Crippen LogP contribution in [0.5, 0.6) is 0 Å². The van der Waals surface area contributed by atoms with Crippen molar-refractivity contribution in [2.45, 2.75) is 38.0 Å². The van der Waals surface area contributed by atoms with Crippen molar-refractivity contribution in [3.63, 3.8) is 0 Å². The molecule has 3 N–H and O–H groups in total. The van der Waals surface area contributed by atoms with E-state index in [-0.39, 0.29) is 12.2 Å². The monoisotopic (exact) mass is 490 g/mol. The van der Waals surface area contributed by atoms with Crippen molar-refractivity contribution in [1.29, 1.82) is 0 Å². The summed E-state index contributed by atoms with van der Waals surface area (Å²) < 4.78 is 6.98. The molecule has 0 aliphatic carbocycles. The van der Waals surface area contributed by atoms with Gasteiger partial charge in [0.05, 0.1) is 41.1 Å². The maximum atomic E-state index is 12.4. The van der Waals surface area contributed by atoms with Crippen molar-refractivity contribution in [3.8, 4) is 22.8 Å². The van der Waals surface area contributed by atoms with E-state index >= 15 is 0 Å². The largest absolute Gasteiger partial charge is 0.389 e. The van der Waals surface area contributed by atoms with Crippen LogP contribution in [-0.4, -0.2) is 70.1 Å². The van der Waals surface area contributed by atoms with Gasteiger partial charge in [0.2, 0.25) is 11.5 Å². The Bertz CT molecular complexity index is 1410. The second-order valence-electron chi connectivity index (χ2n) is 9.45. The van der Waals surface area contributed by atoms with Crippen LogP contribution in [0.15, 0.2) is 53.4 Å². The SMILES string of the molecule is CN1CCC(O)(c2cc(-c3cccc(-c4ccnc(Nc5cnn(CC(C)(C)O)c5)n4)n3)no2)C1=O. The van der Waals surface area contributed by atoms with Crippen LogP contribution in [0.1, 0.15) is 26.0 Å². The van der Waals surface area contributed by atoms with E-state index in [1.54, 1.807) is 68.4 Å². The molecule has 1 unspecified atom stereocenters. The first kappa shape index (κ1) is 23.6. The molecular weight excluding hydrogens is 464 g/mol. The number of likely N-dealkylation sites (tertiary alicyclic amines) is 1. The number of hydrogen-bond donors (Lipinski definition) is 3. The van der Waals surface area contributed by atoms with E-state index in [0.29, 0.717) is 47.5 Å². The van der Waals surface area contributed by atoms with Crippen molar-refractivity contribution in [3.05, 3.63) is 54.7 Å². The molecule has 12 heteroatoms. The molecule has 0 spiro atoms. The normalized spacial score (nSPS) is 18.1. The third-order valence-corrected chi connectivity index (χ3v) is 5.80. The number of anilines is 2. The lowest BCUT2D eigenvalue weighted by Gasteiger charge is -2.16. The average Bonchev–Trinajstić information content (AvgIpc) is 3.56. The molecule has 12 nitrogen and oxygen atoms in total. The third kappa shape index (κ3) is 4.68. The van der Waals surface area contributed by atoms with Crippen molar-refractivity contribution < 1.29 is 19.5 Å². The zero-order valence-corrected chi connectivity index (χ0v) is 20.1. The molecule has 5 rings (SSSR count). The number of carbonyl (C=O) groups excluding carboxylic acids is 1. The Morgan fingerprint density at radius 2 is 1.92 bits per heavy atom. The van der Waals surface area contributed by atoms with Crippen LogP contribution in [0.3, 0.4) is 0 Å². The van der Waals surface area contributed by atoms with Gasteiger partial charge in [0.15, 0.2) is 5.76 Å². The van der Waals surface area contributed by atoms with Crippen molar-refractivity contribution in [2.24, 2.45) is 0 Å². The van der Waals surface area contributed by atoms with Gasteiger partial charge >= 0.3 is 0 Å². The molecule has 4 aromatic rings. The molecule has 1 aliphatic heterocycles. The van der Waals surface area contributed by atoms with Gasteiger partial charge in [0.25, 0.3) is 5.91 Å². The Kier molecular flexibility index (Phi) is 5.77. The number of amides is 1. The van der Waals surface area contributed by atoms with Crippen LogP contribution in [-0.2, 0) is 16.9 Å². The summed E-state index contributed by atoms with van der Waals surface area (Å²) in [5.41, 5.74) is 0.134. The molecule has 0 radical (unpaired) electrons. The lowest BCUT2D eigenvalue weighted by Crippen LogP contribution is -2.35. The molecule has 1 fully saturated rings. The summed E-state index contributed by atoms with van der Waals surface area (Å²) in [6, 6.07) is 8.65. The summed E-state index contributed by atoms with van der Waals surface area (Å²) in [6.07, 6.45) is 5.24. The van der Waals surface area contributed by atoms with Gasteiger partial charge in [-0.2, -0.15) is 5.10 Å². The summed E-state index contributed by atoms with van der Waals surface area (Å²) >= 11 is 0. The molecule has 1 saturated heterocycles. The zero-order chi connectivity index (χ0) is 25.5. The topological polar surface area (TPSA) is 155 Å². The molecule has 0 saturated carbocycles. The van der Waals surface area contributed by atoms with Crippen LogP contribution in [0.25, 0.3) is 22.8 Å². The predicted molar refractivity (Wildman–Crippen MR) is 129 cm³/mol. The van der Waals surface area contributed by atoms with E-state index in [2.05, 4.69) is 30.5 Å². The van der Waals surface area contributed by atoms with Gasteiger partial charge in [-0.25, -0.2) is 15.0 Å². The Morgan fingerprint density at radius 1 is 1.17 bits per heavy atom. The van der Waals surface area contributed by atoms with Crippen molar-refractivity contribution in [1.82, 2.24) is 34.8 Å². The Labute approximate surface area is 206 Å². The van der Waals surface area contributed by atoms with Gasteiger partial charge in [0.1, 0.15) is 5.69 Å². The first-order chi connectivity index (χ1) is 17.1. The predicted octanol–water partition coefficient (Wildman–Crippen LogP) is 1.95. The smallest absolute Gasteiger partial charge is 0.262 e. The van der Waals surface area contributed by atoms with E-state index in [9.17, 15) is 15.0 Å². The van der Waals surface area contributed by atoms with Crippen LogP contribution in [0.2, 0.25) is 0 Å². The molecule has 0 bridgehead atoms. The highest BCUT2D eigenvalue weighted by molar-refractivity contribution is 5.87. The molecular formula is C24H26N8O4. The fraction of sp³-hybridized carbons (Fsp3) is 0.333. The summed E-state index contributed by atoms with van der Waals surface area (Å²) in [6.45, 7) is 4.20. The maximum absolute atomic E-state index is 12.4. The lowest BCUT2D eigenvalue weighted by molar-refractivity contribution is -0.144. The first-order valence-corrected chi connectivity index (χ1v) is 11.4. The number of hydrogen-bond acceptors (Lipinski definition) is 10. The third-order valence-electron chi connectivity index (χ3n) is 5.80. The molecule has 0 aromatic carbocycles. The summed E-state index contributed by atoms with van der Waals surface area (Å²) in [5.74, 6) is 0.0357. The quantitative estimate of drug-likeness (QED) is 0.350. The number of nitrogens with zero attached hydrogens (tertiary/aromatic N) is 7. The van der Waals surface area contributed by atoms with Crippen LogP contribution in [0, 0.1) is 0 Å². The zero-order valence-electron chi connectivity index (χ0n) is 20.1. The van der Waals surface area contributed by atoms with E-state index in [1.807, 2.05) is 6.07 Å². The van der Waals surface area contributed by atoms with Gasteiger partial charge < -0.3 is 25.0 Å². The number of likely N-dealkylation sites (N-methyl/N-ethyl adjacent to an activating group) is 1. The van der Waals surface area contributed by atoms with Crippen molar-refractivity contribution >= 4 is 17.5 Å². The standard InChI is InChI=1S/C24H26N8O4/c1-23(2,34)14-32-13-15(12-26-32)27-22-25-9-7-18(29-22)16-5-4-6-17(28-16)19-11-20(36-30-19)24(35)8-10-31(3)21(24)33/h4-7,9,11-13,34-35H,8,10,14H2,1-3H3,(H,25,27,29). The van der Waals surface area contributed by atoms with Crippen LogP contribution < -0.4 is 5.32 Å². The van der Waals surface area contributed by atoms with Gasteiger partial charge in [-0.05, 0) is 32.0 Å². The minimum Gasteiger partial charge on any atom is -0.389 e. The molecule has 1 amide bonds. The first-order valence-electron chi connectivity index (χ1n) is 11.4. The molecule has 36 heavy (non-hydrogen) atoms. The summed E-state index contributed by atoms with van der Waals surface area (Å²) in [5, 5.41) is 32.2. The Morgan fingerprint density at radius 3 is 2.64 bits per heavy atom. The average molecular weight is 491 g/mol. The fourth-order valence-corrected chi connectivity index (χ4v) is 3.99. The second-order valence-corrected chi connectivity index (χ2v) is 9.45. The van der Waals surface area contributed by atoms with Crippen LogP contribution in [0.4, 0.5) is 11.6 Å². The van der Waals surface area contributed by atoms with Crippen LogP contribution >= 0.6 is 0 Å². The van der Waals surface area contributed by atoms with Gasteiger partial charge in [-0.1, -0.05) is 11.2 Å². The van der Waals surface area contributed by atoms with Gasteiger partial charge in [-0.3, -0.25) is 9.48 Å². The molecule has 1 atom stereocenters. The molecule has 1 aliphatic rings. The molecule has 4 aromatic heterocycles. The summed E-state index contributed by atoms with van der Waals surface area (Å²) in [4.78, 5) is 27.3. The van der Waals surface area contributed by atoms with Gasteiger partial charge in [-0.15, -0.1) is 0 Å². The highest BCUT2D eigenvalue weighted by Gasteiger charge is 2.48. The maximum Gasteiger partial charge on any atom is 0.262 e. The number of nitrogens with one attached hydrogen (secondary N) is 1. The number of rotatable bonds is 7. The van der Waals surface area contributed by atoms with Crippen molar-refractivity contribution in [2.75, 3.05) is 18.9 Å². The number of carbonyl (C=O) groups is 1. The molecule has 186 valence electrons. The fourth-order valence-electron chi connectivity index (χ4n) is 3.99. The second kappa shape index (κ2) is 8.81. The molecule has 5 heterocycles. The van der Waals surface area contributed by atoms with E-state index in [0.717, 1.165) is 0 Å². The number of aliphatic hydroxyl groups is 2. The number of aromatic nitrogens is 6. The van der Waals surface area contributed by atoms with E-state index < -0.39 is 17.1 Å². The van der Waals surface area contributed by atoms with E-state index in [1.165, 1.54) is 4.90 Å². The minimum atomic E-state index is -1.72. The van der Waals surface area contributed by atoms with Gasteiger partial charge in [0, 0.05) is 38.5 Å². The van der Waals surface area contributed by atoms with E-state index in [4.69, 9.17) is 4.52 Å². The highest BCUT2D eigenvalue weighted by atomic mass is 16.5. The highest BCUT2D eigenvalue weighted by Crippen LogP contribution is 2.34. The lowest BCUT2D eigenvalue weighted by atomic mass is 9.98. The Hall–Kier alpha value is -4.16. The number of pyridine rings is 1.